The number of carbonyl (C=O) groups excluding carboxylic acids is 3. The molecule has 7 nitrogen and oxygen atoms in total. The van der Waals surface area contributed by atoms with Crippen molar-refractivity contribution in [2.45, 2.75) is 99.0 Å². The highest BCUT2D eigenvalue weighted by molar-refractivity contribution is 5.92. The second-order valence-electron chi connectivity index (χ2n) is 11.3. The van der Waals surface area contributed by atoms with Gasteiger partial charge >= 0.3 is 6.09 Å². The molecule has 0 aliphatic heterocycles. The Hall–Kier alpha value is -3.35. The van der Waals surface area contributed by atoms with E-state index in [4.69, 9.17) is 4.74 Å². The fourth-order valence-electron chi connectivity index (χ4n) is 4.31. The Morgan fingerprint density at radius 2 is 1.61 bits per heavy atom. The van der Waals surface area contributed by atoms with Gasteiger partial charge in [-0.15, -0.1) is 0 Å². The van der Waals surface area contributed by atoms with Gasteiger partial charge in [0.1, 0.15) is 17.7 Å². The number of nitrogens with one attached hydrogen (secondary N) is 2. The Balaban J connectivity index is 2.52. The molecule has 2 aromatic rings. The SMILES string of the molecule is CCC(C)C(NC(=O)OC(C)(C)C)C(=O)N(C(C)C)C(C(=O)NCc1ccccc1)c1cc(C)ccc1C. The molecule has 38 heavy (non-hydrogen) atoms. The van der Waals surface area contributed by atoms with Crippen LogP contribution in [-0.4, -0.2) is 40.5 Å². The summed E-state index contributed by atoms with van der Waals surface area (Å²) in [4.78, 5) is 42.5. The predicted octanol–water partition coefficient (Wildman–Crippen LogP) is 5.84. The molecule has 2 N–H and O–H groups in total. The van der Waals surface area contributed by atoms with E-state index in [1.165, 1.54) is 0 Å². The largest absolute Gasteiger partial charge is 0.444 e. The van der Waals surface area contributed by atoms with E-state index in [1.54, 1.807) is 25.7 Å². The molecule has 2 aromatic carbocycles. The van der Waals surface area contributed by atoms with Crippen LogP contribution in [0.1, 0.15) is 83.2 Å². The zero-order valence-electron chi connectivity index (χ0n) is 24.4. The zero-order valence-corrected chi connectivity index (χ0v) is 24.4. The van der Waals surface area contributed by atoms with E-state index in [9.17, 15) is 14.4 Å². The van der Waals surface area contributed by atoms with Gasteiger partial charge in [0.15, 0.2) is 0 Å². The lowest BCUT2D eigenvalue weighted by Gasteiger charge is -2.39. The zero-order chi connectivity index (χ0) is 28.6. The summed E-state index contributed by atoms with van der Waals surface area (Å²) in [6, 6.07) is 13.5. The molecule has 208 valence electrons. The molecule has 7 heteroatoms. The molecule has 2 rings (SSSR count). The van der Waals surface area contributed by atoms with Crippen LogP contribution in [0.2, 0.25) is 0 Å². The van der Waals surface area contributed by atoms with E-state index in [2.05, 4.69) is 10.6 Å². The summed E-state index contributed by atoms with van der Waals surface area (Å²) in [5.74, 6) is -0.770. The minimum atomic E-state index is -0.877. The molecule has 0 saturated carbocycles. The van der Waals surface area contributed by atoms with Crippen LogP contribution in [0.5, 0.6) is 0 Å². The quantitative estimate of drug-likeness (QED) is 0.410. The molecule has 3 atom stereocenters. The number of nitrogens with zero attached hydrogens (tertiary/aromatic N) is 1. The monoisotopic (exact) mass is 523 g/mol. The van der Waals surface area contributed by atoms with E-state index < -0.39 is 23.8 Å². The van der Waals surface area contributed by atoms with Crippen LogP contribution in [-0.2, 0) is 20.9 Å². The first-order valence-corrected chi connectivity index (χ1v) is 13.5. The normalized spacial score (nSPS) is 13.8. The van der Waals surface area contributed by atoms with E-state index in [0.29, 0.717) is 13.0 Å². The predicted molar refractivity (Wildman–Crippen MR) is 152 cm³/mol. The molecule has 0 saturated heterocycles. The fraction of sp³-hybridized carbons (Fsp3) is 0.516. The third kappa shape index (κ3) is 8.61. The van der Waals surface area contributed by atoms with Crippen molar-refractivity contribution in [2.75, 3.05) is 0 Å². The van der Waals surface area contributed by atoms with Crippen LogP contribution in [0.4, 0.5) is 4.79 Å². The molecular formula is C31H45N3O4. The maximum Gasteiger partial charge on any atom is 0.408 e. The number of rotatable bonds is 10. The first-order chi connectivity index (χ1) is 17.7. The summed E-state index contributed by atoms with van der Waals surface area (Å²) in [6.45, 7) is 17.3. The van der Waals surface area contributed by atoms with E-state index in [0.717, 1.165) is 22.3 Å². The highest BCUT2D eigenvalue weighted by atomic mass is 16.6. The van der Waals surface area contributed by atoms with E-state index in [1.807, 2.05) is 90.1 Å². The first-order valence-electron chi connectivity index (χ1n) is 13.5. The van der Waals surface area contributed by atoms with Crippen LogP contribution < -0.4 is 10.6 Å². The third-order valence-electron chi connectivity index (χ3n) is 6.53. The smallest absolute Gasteiger partial charge is 0.408 e. The third-order valence-corrected chi connectivity index (χ3v) is 6.53. The average molecular weight is 524 g/mol. The van der Waals surface area contributed by atoms with Gasteiger partial charge in [0, 0.05) is 12.6 Å². The van der Waals surface area contributed by atoms with Gasteiger partial charge in [-0.25, -0.2) is 4.79 Å². The summed E-state index contributed by atoms with van der Waals surface area (Å²) in [6.07, 6.45) is 0.00335. The second-order valence-corrected chi connectivity index (χ2v) is 11.3. The van der Waals surface area contributed by atoms with Crippen LogP contribution in [0, 0.1) is 19.8 Å². The Kier molecular flexibility index (Phi) is 10.9. The lowest BCUT2D eigenvalue weighted by Crippen LogP contribution is -2.57. The molecular weight excluding hydrogens is 478 g/mol. The Bertz CT molecular complexity index is 1090. The molecule has 3 unspecified atom stereocenters. The summed E-state index contributed by atoms with van der Waals surface area (Å²) in [7, 11) is 0. The van der Waals surface area contributed by atoms with E-state index in [-0.39, 0.29) is 23.8 Å². The summed E-state index contributed by atoms with van der Waals surface area (Å²) in [5, 5.41) is 5.85. The van der Waals surface area contributed by atoms with Crippen molar-refractivity contribution in [1.29, 1.82) is 0 Å². The van der Waals surface area contributed by atoms with Gasteiger partial charge in [-0.05, 0) is 71.1 Å². The topological polar surface area (TPSA) is 87.7 Å². The van der Waals surface area contributed by atoms with Crippen LogP contribution >= 0.6 is 0 Å². The number of hydrogen-bond acceptors (Lipinski definition) is 4. The van der Waals surface area contributed by atoms with Gasteiger partial charge in [-0.2, -0.15) is 0 Å². The first kappa shape index (κ1) is 30.9. The Morgan fingerprint density at radius 1 is 0.974 bits per heavy atom. The van der Waals surface area contributed by atoms with Gasteiger partial charge in [-0.3, -0.25) is 9.59 Å². The average Bonchev–Trinajstić information content (AvgIpc) is 2.84. The molecule has 0 bridgehead atoms. The molecule has 0 heterocycles. The van der Waals surface area contributed by atoms with Crippen molar-refractivity contribution < 1.29 is 19.1 Å². The van der Waals surface area contributed by atoms with E-state index >= 15 is 0 Å². The minimum Gasteiger partial charge on any atom is -0.444 e. The summed E-state index contributed by atoms with van der Waals surface area (Å²) >= 11 is 0. The van der Waals surface area contributed by atoms with Gasteiger partial charge < -0.3 is 20.3 Å². The van der Waals surface area contributed by atoms with Gasteiger partial charge in [0.05, 0.1) is 0 Å². The standard InChI is InChI=1S/C31H45N3O4/c1-10-22(5)26(33-30(37)38-31(7,8)9)29(36)34(20(2)3)27(25-18-21(4)16-17-23(25)6)28(35)32-19-24-14-12-11-13-15-24/h11-18,20,22,26-27H,10,19H2,1-9H3,(H,32,35)(H,33,37). The Morgan fingerprint density at radius 3 is 2.16 bits per heavy atom. The van der Waals surface area contributed by atoms with Gasteiger partial charge in [0.2, 0.25) is 11.8 Å². The van der Waals surface area contributed by atoms with Gasteiger partial charge in [-0.1, -0.05) is 74.4 Å². The van der Waals surface area contributed by atoms with Crippen LogP contribution in [0.15, 0.2) is 48.5 Å². The number of carbonyl (C=O) groups is 3. The lowest BCUT2D eigenvalue weighted by atomic mass is 9.92. The highest BCUT2D eigenvalue weighted by Gasteiger charge is 2.39. The van der Waals surface area contributed by atoms with Crippen molar-refractivity contribution in [1.82, 2.24) is 15.5 Å². The lowest BCUT2D eigenvalue weighted by molar-refractivity contribution is -0.145. The van der Waals surface area contributed by atoms with Crippen LogP contribution in [0.3, 0.4) is 0 Å². The molecule has 0 fully saturated rings. The second kappa shape index (κ2) is 13.4. The number of benzene rings is 2. The molecule has 0 aliphatic rings. The van der Waals surface area contributed by atoms with Crippen molar-refractivity contribution in [3.05, 3.63) is 70.8 Å². The number of aryl methyl sites for hydroxylation is 2. The Labute approximate surface area is 228 Å². The molecule has 0 radical (unpaired) electrons. The minimum absolute atomic E-state index is 0.178. The molecule has 0 aliphatic carbocycles. The van der Waals surface area contributed by atoms with Crippen molar-refractivity contribution >= 4 is 17.9 Å². The maximum atomic E-state index is 14.3. The fourth-order valence-corrected chi connectivity index (χ4v) is 4.31. The van der Waals surface area contributed by atoms with Gasteiger partial charge in [0.25, 0.3) is 0 Å². The molecule has 0 spiro atoms. The number of alkyl carbamates (subject to hydrolysis) is 1. The maximum absolute atomic E-state index is 14.3. The number of hydrogen-bond donors (Lipinski definition) is 2. The number of ether oxygens (including phenoxy) is 1. The van der Waals surface area contributed by atoms with Crippen LogP contribution in [0.25, 0.3) is 0 Å². The molecule has 3 amide bonds. The van der Waals surface area contributed by atoms with Crippen molar-refractivity contribution in [2.24, 2.45) is 5.92 Å². The summed E-state index contributed by atoms with van der Waals surface area (Å²) in [5.41, 5.74) is 2.93. The van der Waals surface area contributed by atoms with Crippen molar-refractivity contribution in [3.63, 3.8) is 0 Å². The molecule has 0 aromatic heterocycles. The number of amides is 3. The highest BCUT2D eigenvalue weighted by Crippen LogP contribution is 2.29. The summed E-state index contributed by atoms with van der Waals surface area (Å²) < 4.78 is 5.47. The van der Waals surface area contributed by atoms with Crippen molar-refractivity contribution in [3.8, 4) is 0 Å².